The van der Waals surface area contributed by atoms with Gasteiger partial charge in [-0.1, -0.05) is 18.2 Å². The van der Waals surface area contributed by atoms with Crippen molar-refractivity contribution in [2.45, 2.75) is 24.9 Å². The average molecular weight is 263 g/mol. The zero-order valence-corrected chi connectivity index (χ0v) is 9.94. The Kier molecular flexibility index (Phi) is 3.98. The predicted molar refractivity (Wildman–Crippen MR) is 58.5 cm³/mol. The molecule has 0 fully saturated rings. The average Bonchev–Trinajstić information content (AvgIpc) is 2.26. The fourth-order valence-electron chi connectivity index (χ4n) is 1.88. The molecule has 1 aromatic rings. The number of alkyl halides is 3. The third-order valence-electron chi connectivity index (χ3n) is 2.75. The molecule has 0 aliphatic heterocycles. The number of amides is 1. The highest BCUT2D eigenvalue weighted by atomic mass is 19.4. The molecule has 0 aliphatic rings. The molecule has 2 nitrogen and oxygen atoms in total. The minimum Gasteiger partial charge on any atom is -0.358 e. The number of hydrogen-bond acceptors (Lipinski definition) is 1. The van der Waals surface area contributed by atoms with Crippen molar-refractivity contribution in [3.05, 3.63) is 35.6 Å². The summed E-state index contributed by atoms with van der Waals surface area (Å²) in [6.45, 7) is 1.08. The smallest absolute Gasteiger partial charge is 0.358 e. The summed E-state index contributed by atoms with van der Waals surface area (Å²) in [6, 6.07) is 4.98. The summed E-state index contributed by atoms with van der Waals surface area (Å²) in [4.78, 5) is 11.7. The van der Waals surface area contributed by atoms with Gasteiger partial charge in [-0.2, -0.15) is 13.2 Å². The van der Waals surface area contributed by atoms with E-state index in [9.17, 15) is 22.4 Å². The largest absolute Gasteiger partial charge is 0.390 e. The van der Waals surface area contributed by atoms with E-state index in [2.05, 4.69) is 5.32 Å². The molecular formula is C12H13F4NO. The van der Waals surface area contributed by atoms with E-state index in [-0.39, 0.29) is 5.56 Å². The first kappa shape index (κ1) is 14.5. The highest BCUT2D eigenvalue weighted by Crippen LogP contribution is 2.37. The van der Waals surface area contributed by atoms with Crippen molar-refractivity contribution in [1.29, 1.82) is 0 Å². The van der Waals surface area contributed by atoms with E-state index in [0.29, 0.717) is 0 Å². The standard InChI is InChI=1S/C12H13F4NO/c1-11(10(18)17-2,7-12(14,15)16)8-5-3-4-6-9(8)13/h3-6H,7H2,1-2H3,(H,17,18)/t11-/m1/s1. The second-order valence-electron chi connectivity index (χ2n) is 4.18. The van der Waals surface area contributed by atoms with E-state index in [1.165, 1.54) is 25.2 Å². The van der Waals surface area contributed by atoms with Crippen LogP contribution in [-0.2, 0) is 10.2 Å². The molecule has 0 spiro atoms. The first-order valence-electron chi connectivity index (χ1n) is 5.24. The van der Waals surface area contributed by atoms with Gasteiger partial charge >= 0.3 is 6.18 Å². The SMILES string of the molecule is CNC(=O)[C@](C)(CC(F)(F)F)c1ccccc1F. The van der Waals surface area contributed by atoms with Gasteiger partial charge in [-0.25, -0.2) is 4.39 Å². The van der Waals surface area contributed by atoms with Crippen LogP contribution in [-0.4, -0.2) is 19.1 Å². The van der Waals surface area contributed by atoms with Gasteiger partial charge in [0.15, 0.2) is 0 Å². The Balaban J connectivity index is 3.30. The van der Waals surface area contributed by atoms with Crippen molar-refractivity contribution >= 4 is 5.91 Å². The van der Waals surface area contributed by atoms with E-state index >= 15 is 0 Å². The summed E-state index contributed by atoms with van der Waals surface area (Å²) < 4.78 is 51.3. The first-order chi connectivity index (χ1) is 8.20. The third kappa shape index (κ3) is 3.00. The van der Waals surface area contributed by atoms with Gasteiger partial charge in [-0.05, 0) is 13.0 Å². The van der Waals surface area contributed by atoms with Crippen LogP contribution in [0.15, 0.2) is 24.3 Å². The van der Waals surface area contributed by atoms with Crippen LogP contribution in [0.3, 0.4) is 0 Å². The second kappa shape index (κ2) is 4.96. The minimum absolute atomic E-state index is 0.262. The third-order valence-corrected chi connectivity index (χ3v) is 2.75. The number of hydrogen-bond donors (Lipinski definition) is 1. The number of carbonyl (C=O) groups is 1. The predicted octanol–water partition coefficient (Wildman–Crippen LogP) is 2.78. The van der Waals surface area contributed by atoms with Gasteiger partial charge in [0, 0.05) is 12.6 Å². The topological polar surface area (TPSA) is 29.1 Å². The lowest BCUT2D eigenvalue weighted by atomic mass is 9.78. The van der Waals surface area contributed by atoms with Gasteiger partial charge in [-0.15, -0.1) is 0 Å². The Morgan fingerprint density at radius 1 is 1.28 bits per heavy atom. The molecule has 0 saturated carbocycles. The molecule has 0 bridgehead atoms. The van der Waals surface area contributed by atoms with Crippen molar-refractivity contribution in [3.8, 4) is 0 Å². The van der Waals surface area contributed by atoms with Gasteiger partial charge in [0.2, 0.25) is 5.91 Å². The van der Waals surface area contributed by atoms with Crippen molar-refractivity contribution in [2.75, 3.05) is 7.05 Å². The minimum atomic E-state index is -4.57. The molecule has 0 aromatic heterocycles. The van der Waals surface area contributed by atoms with Gasteiger partial charge in [-0.3, -0.25) is 4.79 Å². The molecule has 1 N–H and O–H groups in total. The van der Waals surface area contributed by atoms with Crippen LogP contribution in [0, 0.1) is 5.82 Å². The fraction of sp³-hybridized carbons (Fsp3) is 0.417. The number of benzene rings is 1. The fourth-order valence-corrected chi connectivity index (χ4v) is 1.88. The first-order valence-corrected chi connectivity index (χ1v) is 5.24. The normalized spacial score (nSPS) is 15.0. The molecule has 1 atom stereocenters. The Labute approximate surface area is 102 Å². The van der Waals surface area contributed by atoms with Gasteiger partial charge in [0.25, 0.3) is 0 Å². The van der Waals surface area contributed by atoms with Crippen molar-refractivity contribution < 1.29 is 22.4 Å². The van der Waals surface area contributed by atoms with E-state index < -0.39 is 29.7 Å². The van der Waals surface area contributed by atoms with Gasteiger partial charge in [0.1, 0.15) is 5.82 Å². The van der Waals surface area contributed by atoms with Gasteiger partial charge < -0.3 is 5.32 Å². The Hall–Kier alpha value is -1.59. The Morgan fingerprint density at radius 2 is 1.83 bits per heavy atom. The van der Waals surface area contributed by atoms with Gasteiger partial charge in [0.05, 0.1) is 11.8 Å². The molecule has 1 amide bonds. The maximum absolute atomic E-state index is 13.6. The van der Waals surface area contributed by atoms with E-state index in [1.54, 1.807) is 0 Å². The van der Waals surface area contributed by atoms with Crippen LogP contribution in [0.1, 0.15) is 18.9 Å². The summed E-state index contributed by atoms with van der Waals surface area (Å²) in [5.74, 6) is -1.70. The molecule has 0 saturated heterocycles. The van der Waals surface area contributed by atoms with Crippen molar-refractivity contribution in [2.24, 2.45) is 0 Å². The van der Waals surface area contributed by atoms with Crippen LogP contribution in [0.25, 0.3) is 0 Å². The highest BCUT2D eigenvalue weighted by Gasteiger charge is 2.46. The Morgan fingerprint density at radius 3 is 2.28 bits per heavy atom. The molecule has 0 heterocycles. The molecular weight excluding hydrogens is 250 g/mol. The zero-order chi connectivity index (χ0) is 14.0. The number of likely N-dealkylation sites (N-methyl/N-ethyl adjacent to an activating group) is 1. The second-order valence-corrected chi connectivity index (χ2v) is 4.18. The quantitative estimate of drug-likeness (QED) is 0.835. The summed E-state index contributed by atoms with van der Waals surface area (Å²) in [5.41, 5.74) is -2.24. The summed E-state index contributed by atoms with van der Waals surface area (Å²) in [6.07, 6.45) is -5.98. The monoisotopic (exact) mass is 263 g/mol. The highest BCUT2D eigenvalue weighted by molar-refractivity contribution is 5.87. The van der Waals surface area contributed by atoms with E-state index in [1.807, 2.05) is 0 Å². The molecule has 0 radical (unpaired) electrons. The molecule has 0 aliphatic carbocycles. The summed E-state index contributed by atoms with van der Waals surface area (Å²) in [7, 11) is 1.22. The molecule has 1 rings (SSSR count). The molecule has 18 heavy (non-hydrogen) atoms. The summed E-state index contributed by atoms with van der Waals surface area (Å²) >= 11 is 0. The lowest BCUT2D eigenvalue weighted by molar-refractivity contribution is -0.157. The van der Waals surface area contributed by atoms with E-state index in [4.69, 9.17) is 0 Å². The number of carbonyl (C=O) groups excluding carboxylic acids is 1. The van der Waals surface area contributed by atoms with E-state index in [0.717, 1.165) is 13.0 Å². The maximum Gasteiger partial charge on any atom is 0.390 e. The van der Waals surface area contributed by atoms with Crippen LogP contribution >= 0.6 is 0 Å². The molecule has 0 unspecified atom stereocenters. The van der Waals surface area contributed by atoms with Crippen LogP contribution < -0.4 is 5.32 Å². The summed E-state index contributed by atoms with van der Waals surface area (Å²) in [5, 5.41) is 2.15. The Bertz CT molecular complexity index is 444. The number of rotatable bonds is 3. The van der Waals surface area contributed by atoms with Crippen LogP contribution in [0.2, 0.25) is 0 Å². The zero-order valence-electron chi connectivity index (χ0n) is 9.94. The lowest BCUT2D eigenvalue weighted by Gasteiger charge is -2.29. The van der Waals surface area contributed by atoms with Crippen molar-refractivity contribution in [1.82, 2.24) is 5.32 Å². The number of halogens is 4. The lowest BCUT2D eigenvalue weighted by Crippen LogP contribution is -2.44. The molecule has 1 aromatic carbocycles. The van der Waals surface area contributed by atoms with Crippen molar-refractivity contribution in [3.63, 3.8) is 0 Å². The van der Waals surface area contributed by atoms with Crippen LogP contribution in [0.5, 0.6) is 0 Å². The maximum atomic E-state index is 13.6. The van der Waals surface area contributed by atoms with Crippen LogP contribution in [0.4, 0.5) is 17.6 Å². The number of nitrogens with one attached hydrogen (secondary N) is 1. The molecule has 100 valence electrons. The molecule has 6 heteroatoms.